The van der Waals surface area contributed by atoms with Crippen LogP contribution in [0, 0.1) is 0 Å². The van der Waals surface area contributed by atoms with Gasteiger partial charge in [0.25, 0.3) is 0 Å². The van der Waals surface area contributed by atoms with Gasteiger partial charge in [-0.2, -0.15) is 0 Å². The number of hydrogen-bond acceptors (Lipinski definition) is 5. The molecule has 1 N–H and O–H groups in total. The van der Waals surface area contributed by atoms with Crippen LogP contribution in [0.1, 0.15) is 12.8 Å². The number of carbonyl (C=O) groups is 1. The van der Waals surface area contributed by atoms with E-state index in [1.807, 2.05) is 19.0 Å². The second-order valence-corrected chi connectivity index (χ2v) is 5.43. The Hall–Kier alpha value is -0.690. The highest BCUT2D eigenvalue weighted by Gasteiger charge is 2.21. The zero-order chi connectivity index (χ0) is 14.8. The SMILES string of the molecule is COCCN(CCCN(C)C)C(=O)CC1CNCCO1. The predicted octanol–water partition coefficient (Wildman–Crippen LogP) is -0.208. The van der Waals surface area contributed by atoms with Crippen LogP contribution in [0.25, 0.3) is 0 Å². The van der Waals surface area contributed by atoms with Crippen LogP contribution in [0.4, 0.5) is 0 Å². The van der Waals surface area contributed by atoms with E-state index in [1.165, 1.54) is 0 Å². The summed E-state index contributed by atoms with van der Waals surface area (Å²) in [6.45, 7) is 5.33. The summed E-state index contributed by atoms with van der Waals surface area (Å²) in [7, 11) is 5.75. The molecular formula is C14H29N3O3. The van der Waals surface area contributed by atoms with Gasteiger partial charge in [-0.15, -0.1) is 0 Å². The molecule has 1 aliphatic rings. The van der Waals surface area contributed by atoms with E-state index in [0.717, 1.165) is 32.6 Å². The second-order valence-electron chi connectivity index (χ2n) is 5.43. The van der Waals surface area contributed by atoms with Gasteiger partial charge in [0.1, 0.15) is 0 Å². The van der Waals surface area contributed by atoms with E-state index in [9.17, 15) is 4.79 Å². The fourth-order valence-corrected chi connectivity index (χ4v) is 2.22. The van der Waals surface area contributed by atoms with Crippen molar-refractivity contribution in [2.75, 3.05) is 67.1 Å². The molecule has 1 fully saturated rings. The summed E-state index contributed by atoms with van der Waals surface area (Å²) in [6.07, 6.45) is 1.44. The van der Waals surface area contributed by atoms with E-state index < -0.39 is 0 Å². The lowest BCUT2D eigenvalue weighted by Gasteiger charge is -2.28. The van der Waals surface area contributed by atoms with Crippen molar-refractivity contribution in [2.24, 2.45) is 0 Å². The smallest absolute Gasteiger partial charge is 0.225 e. The molecule has 0 aliphatic carbocycles. The topological polar surface area (TPSA) is 54.0 Å². The van der Waals surface area contributed by atoms with Gasteiger partial charge in [-0.05, 0) is 27.1 Å². The van der Waals surface area contributed by atoms with E-state index in [1.54, 1.807) is 7.11 Å². The zero-order valence-corrected chi connectivity index (χ0v) is 13.1. The molecule has 1 aliphatic heterocycles. The molecule has 0 radical (unpaired) electrons. The summed E-state index contributed by atoms with van der Waals surface area (Å²) in [5, 5.41) is 3.25. The van der Waals surface area contributed by atoms with E-state index in [4.69, 9.17) is 9.47 Å². The number of amides is 1. The molecule has 1 unspecified atom stereocenters. The Labute approximate surface area is 122 Å². The van der Waals surface area contributed by atoms with Crippen LogP contribution in [0.15, 0.2) is 0 Å². The first-order valence-electron chi connectivity index (χ1n) is 7.37. The molecule has 1 amide bonds. The molecule has 0 aromatic heterocycles. The normalized spacial score (nSPS) is 19.3. The first-order valence-corrected chi connectivity index (χ1v) is 7.37. The van der Waals surface area contributed by atoms with E-state index >= 15 is 0 Å². The molecular weight excluding hydrogens is 258 g/mol. The van der Waals surface area contributed by atoms with Gasteiger partial charge in [0.15, 0.2) is 0 Å². The molecule has 1 heterocycles. The Morgan fingerprint density at radius 1 is 1.35 bits per heavy atom. The minimum atomic E-state index is 0.00939. The third kappa shape index (κ3) is 7.19. The van der Waals surface area contributed by atoms with Gasteiger partial charge >= 0.3 is 0 Å². The van der Waals surface area contributed by atoms with Crippen molar-refractivity contribution in [1.82, 2.24) is 15.1 Å². The van der Waals surface area contributed by atoms with Crippen LogP contribution in [0.3, 0.4) is 0 Å². The van der Waals surface area contributed by atoms with Gasteiger partial charge in [-0.3, -0.25) is 4.79 Å². The highest BCUT2D eigenvalue weighted by molar-refractivity contribution is 5.76. The quantitative estimate of drug-likeness (QED) is 0.636. The molecule has 1 saturated heterocycles. The molecule has 6 nitrogen and oxygen atoms in total. The summed E-state index contributed by atoms with van der Waals surface area (Å²) in [5.74, 6) is 0.162. The van der Waals surface area contributed by atoms with Gasteiger partial charge < -0.3 is 24.6 Å². The fourth-order valence-electron chi connectivity index (χ4n) is 2.22. The van der Waals surface area contributed by atoms with Crippen molar-refractivity contribution in [3.8, 4) is 0 Å². The number of ether oxygens (including phenoxy) is 2. The number of carbonyl (C=O) groups excluding carboxylic acids is 1. The molecule has 1 atom stereocenters. The second kappa shape index (κ2) is 10.1. The van der Waals surface area contributed by atoms with Crippen LogP contribution >= 0.6 is 0 Å². The highest BCUT2D eigenvalue weighted by Crippen LogP contribution is 2.06. The van der Waals surface area contributed by atoms with E-state index in [2.05, 4.69) is 10.2 Å². The third-order valence-electron chi connectivity index (χ3n) is 3.36. The first-order chi connectivity index (χ1) is 9.63. The summed E-state index contributed by atoms with van der Waals surface area (Å²) < 4.78 is 10.7. The third-order valence-corrected chi connectivity index (χ3v) is 3.36. The maximum atomic E-state index is 12.3. The van der Waals surface area contributed by atoms with Crippen LogP contribution in [0.2, 0.25) is 0 Å². The Morgan fingerprint density at radius 3 is 2.75 bits per heavy atom. The van der Waals surface area contributed by atoms with Gasteiger partial charge in [-0.25, -0.2) is 0 Å². The molecule has 0 aromatic carbocycles. The van der Waals surface area contributed by atoms with Gasteiger partial charge in [-0.1, -0.05) is 0 Å². The molecule has 20 heavy (non-hydrogen) atoms. The van der Waals surface area contributed by atoms with Crippen LogP contribution in [-0.2, 0) is 14.3 Å². The van der Waals surface area contributed by atoms with Crippen molar-refractivity contribution in [2.45, 2.75) is 18.9 Å². The largest absolute Gasteiger partial charge is 0.383 e. The van der Waals surface area contributed by atoms with Crippen molar-refractivity contribution in [3.63, 3.8) is 0 Å². The fraction of sp³-hybridized carbons (Fsp3) is 0.929. The Bertz CT molecular complexity index is 268. The van der Waals surface area contributed by atoms with E-state index in [-0.39, 0.29) is 12.0 Å². The standard InChI is InChI=1S/C14H29N3O3/c1-16(2)6-4-7-17(8-10-19-3)14(18)11-13-12-15-5-9-20-13/h13,15H,4-12H2,1-3H3. The Morgan fingerprint density at radius 2 is 2.15 bits per heavy atom. The molecule has 118 valence electrons. The monoisotopic (exact) mass is 287 g/mol. The van der Waals surface area contributed by atoms with Crippen molar-refractivity contribution < 1.29 is 14.3 Å². The van der Waals surface area contributed by atoms with Crippen molar-refractivity contribution in [1.29, 1.82) is 0 Å². The number of morpholine rings is 1. The Kier molecular flexibility index (Phi) is 8.77. The molecule has 6 heteroatoms. The summed E-state index contributed by atoms with van der Waals surface area (Å²) in [4.78, 5) is 16.4. The molecule has 0 aromatic rings. The number of methoxy groups -OCH3 is 1. The predicted molar refractivity (Wildman–Crippen MR) is 78.9 cm³/mol. The molecule has 0 saturated carbocycles. The minimum Gasteiger partial charge on any atom is -0.383 e. The zero-order valence-electron chi connectivity index (χ0n) is 13.1. The number of nitrogens with zero attached hydrogens (tertiary/aromatic N) is 2. The van der Waals surface area contributed by atoms with Gasteiger partial charge in [0.2, 0.25) is 5.91 Å². The van der Waals surface area contributed by atoms with Gasteiger partial charge in [0, 0.05) is 33.3 Å². The van der Waals surface area contributed by atoms with Crippen molar-refractivity contribution in [3.05, 3.63) is 0 Å². The average Bonchev–Trinajstić information content (AvgIpc) is 2.43. The number of hydrogen-bond donors (Lipinski definition) is 1. The molecule has 0 spiro atoms. The lowest BCUT2D eigenvalue weighted by atomic mass is 10.2. The molecule has 1 rings (SSSR count). The number of rotatable bonds is 9. The Balaban J connectivity index is 2.36. The van der Waals surface area contributed by atoms with Crippen LogP contribution in [-0.4, -0.2) is 89.0 Å². The summed E-state index contributed by atoms with van der Waals surface area (Å²) >= 11 is 0. The lowest BCUT2D eigenvalue weighted by molar-refractivity contribution is -0.135. The molecule has 0 bridgehead atoms. The highest BCUT2D eigenvalue weighted by atomic mass is 16.5. The van der Waals surface area contributed by atoms with E-state index in [0.29, 0.717) is 26.2 Å². The van der Waals surface area contributed by atoms with Gasteiger partial charge in [0.05, 0.1) is 25.7 Å². The lowest BCUT2D eigenvalue weighted by Crippen LogP contribution is -2.43. The minimum absolute atomic E-state index is 0.00939. The maximum Gasteiger partial charge on any atom is 0.225 e. The average molecular weight is 287 g/mol. The summed E-state index contributed by atoms with van der Waals surface area (Å²) in [6, 6.07) is 0. The summed E-state index contributed by atoms with van der Waals surface area (Å²) in [5.41, 5.74) is 0. The van der Waals surface area contributed by atoms with Crippen LogP contribution in [0.5, 0.6) is 0 Å². The van der Waals surface area contributed by atoms with Crippen LogP contribution < -0.4 is 5.32 Å². The number of nitrogens with one attached hydrogen (secondary N) is 1. The maximum absolute atomic E-state index is 12.3. The van der Waals surface area contributed by atoms with Crippen molar-refractivity contribution >= 4 is 5.91 Å². The first kappa shape index (κ1) is 17.4.